The lowest BCUT2D eigenvalue weighted by atomic mass is 9.52. The summed E-state index contributed by atoms with van der Waals surface area (Å²) in [6.45, 7) is 5.87. The molecule has 0 aromatic heterocycles. The summed E-state index contributed by atoms with van der Waals surface area (Å²) in [6, 6.07) is 5.93. The summed E-state index contributed by atoms with van der Waals surface area (Å²) >= 11 is 0. The summed E-state index contributed by atoms with van der Waals surface area (Å²) in [4.78, 5) is 13.3. The normalized spacial score (nSPS) is 35.9. The number of hydrogen-bond acceptors (Lipinski definition) is 5. The van der Waals surface area contributed by atoms with Gasteiger partial charge >= 0.3 is 7.12 Å². The molecular formula is C24H34BNO5. The maximum Gasteiger partial charge on any atom is 0.493 e. The van der Waals surface area contributed by atoms with Crippen LogP contribution >= 0.6 is 0 Å². The van der Waals surface area contributed by atoms with Gasteiger partial charge in [0.05, 0.1) is 12.2 Å². The summed E-state index contributed by atoms with van der Waals surface area (Å²) < 4.78 is 17.2. The average Bonchev–Trinajstić information content (AvgIpc) is 2.69. The van der Waals surface area contributed by atoms with Crippen molar-refractivity contribution >= 4 is 18.5 Å². The molecule has 4 bridgehead atoms. The van der Waals surface area contributed by atoms with E-state index in [4.69, 9.17) is 14.0 Å². The first-order valence-corrected chi connectivity index (χ1v) is 11.6. The van der Waals surface area contributed by atoms with Crippen LogP contribution in [0.5, 0.6) is 0 Å². The highest BCUT2D eigenvalue weighted by molar-refractivity contribution is 6.61. The molecule has 1 aromatic carbocycles. The first-order valence-electron chi connectivity index (χ1n) is 11.6. The van der Waals surface area contributed by atoms with Crippen LogP contribution in [-0.2, 0) is 20.7 Å². The second-order valence-corrected chi connectivity index (χ2v) is 11.2. The maximum atomic E-state index is 13.3. The molecule has 2 atom stereocenters. The summed E-state index contributed by atoms with van der Waals surface area (Å²) in [7, 11) is 1.23. The number of ether oxygens (including phenoxy) is 1. The molecule has 6 nitrogen and oxygen atoms in total. The fourth-order valence-electron chi connectivity index (χ4n) is 6.59. The molecule has 7 heteroatoms. The van der Waals surface area contributed by atoms with Gasteiger partial charge in [-0.1, -0.05) is 26.0 Å². The van der Waals surface area contributed by atoms with Gasteiger partial charge in [-0.25, -0.2) is 0 Å². The van der Waals surface area contributed by atoms with Crippen molar-refractivity contribution in [1.82, 2.24) is 5.32 Å². The fraction of sp³-hybridized carbons (Fsp3) is 0.708. The Hall–Kier alpha value is -1.41. The van der Waals surface area contributed by atoms with Crippen molar-refractivity contribution in [2.45, 2.75) is 64.2 Å². The van der Waals surface area contributed by atoms with Crippen LogP contribution in [0.15, 0.2) is 18.2 Å². The number of hydrogen-bond donors (Lipinski definition) is 2. The van der Waals surface area contributed by atoms with E-state index in [9.17, 15) is 9.90 Å². The molecule has 5 aliphatic rings. The van der Waals surface area contributed by atoms with Gasteiger partial charge in [-0.2, -0.15) is 0 Å². The molecule has 1 aromatic rings. The number of benzene rings is 1. The van der Waals surface area contributed by atoms with Crippen molar-refractivity contribution in [2.24, 2.45) is 23.2 Å². The van der Waals surface area contributed by atoms with E-state index in [0.29, 0.717) is 43.1 Å². The van der Waals surface area contributed by atoms with Crippen molar-refractivity contribution in [1.29, 1.82) is 0 Å². The monoisotopic (exact) mass is 427 g/mol. The van der Waals surface area contributed by atoms with Gasteiger partial charge in [-0.05, 0) is 67.0 Å². The van der Waals surface area contributed by atoms with Crippen LogP contribution < -0.4 is 10.8 Å². The summed E-state index contributed by atoms with van der Waals surface area (Å²) in [5.74, 6) is 1.35. The third kappa shape index (κ3) is 4.18. The van der Waals surface area contributed by atoms with Crippen LogP contribution in [0.4, 0.5) is 0 Å². The summed E-state index contributed by atoms with van der Waals surface area (Å²) in [5, 5.41) is 14.2. The first kappa shape index (κ1) is 21.4. The zero-order valence-corrected chi connectivity index (χ0v) is 18.9. The molecule has 2 N–H and O–H groups in total. The van der Waals surface area contributed by atoms with Crippen LogP contribution in [0.3, 0.4) is 0 Å². The molecule has 5 fully saturated rings. The van der Waals surface area contributed by atoms with Gasteiger partial charge in [0.1, 0.15) is 0 Å². The number of amides is 1. The predicted molar refractivity (Wildman–Crippen MR) is 118 cm³/mol. The van der Waals surface area contributed by atoms with Gasteiger partial charge in [-0.3, -0.25) is 4.79 Å². The number of aliphatic hydroxyl groups is 1. The topological polar surface area (TPSA) is 77.0 Å². The highest BCUT2D eigenvalue weighted by atomic mass is 16.6. The van der Waals surface area contributed by atoms with Crippen LogP contribution in [-0.4, -0.2) is 50.1 Å². The highest BCUT2D eigenvalue weighted by Gasteiger charge is 2.55. The molecule has 2 unspecified atom stereocenters. The third-order valence-corrected chi connectivity index (χ3v) is 7.74. The van der Waals surface area contributed by atoms with Crippen LogP contribution in [0.25, 0.3) is 0 Å². The van der Waals surface area contributed by atoms with E-state index < -0.39 is 12.7 Å². The largest absolute Gasteiger partial charge is 0.493 e. The Morgan fingerprint density at radius 1 is 1.19 bits per heavy atom. The van der Waals surface area contributed by atoms with Gasteiger partial charge in [0.15, 0.2) is 0 Å². The fourth-order valence-corrected chi connectivity index (χ4v) is 6.59. The van der Waals surface area contributed by atoms with Crippen LogP contribution in [0.1, 0.15) is 61.9 Å². The van der Waals surface area contributed by atoms with E-state index in [-0.39, 0.29) is 17.4 Å². The predicted octanol–water partition coefficient (Wildman–Crippen LogP) is 2.27. The van der Waals surface area contributed by atoms with Crippen molar-refractivity contribution in [3.05, 3.63) is 29.3 Å². The zero-order valence-electron chi connectivity index (χ0n) is 18.9. The van der Waals surface area contributed by atoms with E-state index in [0.717, 1.165) is 43.1 Å². The minimum Gasteiger partial charge on any atom is -0.407 e. The van der Waals surface area contributed by atoms with Crippen molar-refractivity contribution in [3.8, 4) is 0 Å². The molecule has 168 valence electrons. The van der Waals surface area contributed by atoms with Crippen molar-refractivity contribution in [3.63, 3.8) is 0 Å². The Kier molecular flexibility index (Phi) is 5.44. The lowest BCUT2D eigenvalue weighted by Gasteiger charge is -2.58. The minimum atomic E-state index is -0.491. The van der Waals surface area contributed by atoms with Gasteiger partial charge in [-0.15, -0.1) is 0 Å². The smallest absolute Gasteiger partial charge is 0.407 e. The Morgan fingerprint density at radius 3 is 2.48 bits per heavy atom. The van der Waals surface area contributed by atoms with Crippen molar-refractivity contribution < 1.29 is 23.9 Å². The Bertz CT molecular complexity index is 832. The highest BCUT2D eigenvalue weighted by Crippen LogP contribution is 2.55. The first-order chi connectivity index (χ1) is 14.8. The third-order valence-electron chi connectivity index (χ3n) is 7.74. The molecular weight excluding hydrogens is 393 g/mol. The molecule has 0 spiro atoms. The summed E-state index contributed by atoms with van der Waals surface area (Å²) in [6.07, 6.45) is 4.84. The molecule has 1 amide bonds. The Balaban J connectivity index is 1.32. The molecule has 31 heavy (non-hydrogen) atoms. The van der Waals surface area contributed by atoms with E-state index in [1.165, 1.54) is 0 Å². The van der Waals surface area contributed by atoms with Crippen LogP contribution in [0.2, 0.25) is 0 Å². The molecule has 4 aliphatic carbocycles. The number of methoxy groups -OCH3 is 1. The van der Waals surface area contributed by atoms with E-state index >= 15 is 0 Å². The molecule has 1 aliphatic heterocycles. The lowest BCUT2D eigenvalue weighted by molar-refractivity contribution is -0.136. The zero-order chi connectivity index (χ0) is 21.8. The minimum absolute atomic E-state index is 0.0114. The van der Waals surface area contributed by atoms with Gasteiger partial charge in [0.2, 0.25) is 0 Å². The van der Waals surface area contributed by atoms with E-state index in [1.54, 1.807) is 7.11 Å². The van der Waals surface area contributed by atoms with Gasteiger partial charge in [0, 0.05) is 37.3 Å². The molecule has 1 saturated heterocycles. The number of nitrogens with one attached hydrogen (secondary N) is 1. The number of rotatable bonds is 5. The number of carbonyl (C=O) groups excluding carboxylic acids is 1. The van der Waals surface area contributed by atoms with Gasteiger partial charge < -0.3 is 24.5 Å². The maximum absolute atomic E-state index is 13.3. The molecule has 0 radical (unpaired) electrons. The number of carbonyl (C=O) groups is 1. The van der Waals surface area contributed by atoms with E-state index in [1.807, 2.05) is 18.2 Å². The van der Waals surface area contributed by atoms with E-state index in [2.05, 4.69) is 19.2 Å². The second kappa shape index (κ2) is 7.87. The Morgan fingerprint density at radius 2 is 1.87 bits per heavy atom. The second-order valence-electron chi connectivity index (χ2n) is 11.2. The quantitative estimate of drug-likeness (QED) is 0.706. The molecule has 1 heterocycles. The standard InChI is InChI=1S/C24H34BNO5/c1-23(2)13-30-25(31-14-23)19-4-5-20(18(8-19)12-29-3)22(27)26-21-16-6-15-7-17(21)11-24(28,9-15)10-16/h4-5,8,15-17,21,28H,6-7,9-14H2,1-3H3,(H,26,27). The lowest BCUT2D eigenvalue weighted by Crippen LogP contribution is -2.61. The SMILES string of the molecule is COCc1cc(B2OCC(C)(C)CO2)ccc1C(=O)NC1C2CC3CC1CC(O)(C3)C2. The Labute approximate surface area is 185 Å². The molecule has 6 rings (SSSR count). The summed E-state index contributed by atoms with van der Waals surface area (Å²) in [5.41, 5.74) is 1.93. The average molecular weight is 427 g/mol. The van der Waals surface area contributed by atoms with Gasteiger partial charge in [0.25, 0.3) is 5.91 Å². The molecule has 4 saturated carbocycles. The van der Waals surface area contributed by atoms with Crippen molar-refractivity contribution in [2.75, 3.05) is 20.3 Å². The van der Waals surface area contributed by atoms with Crippen LogP contribution in [0, 0.1) is 23.2 Å².